The number of carbonyl (C=O) groups excluding carboxylic acids is 1. The normalized spacial score (nSPS) is 24.7. The topological polar surface area (TPSA) is 41.1 Å². The summed E-state index contributed by atoms with van der Waals surface area (Å²) < 4.78 is 0. The second kappa shape index (κ2) is 6.07. The van der Waals surface area contributed by atoms with Crippen molar-refractivity contribution < 1.29 is 4.79 Å². The number of terminal acetylenes is 1. The van der Waals surface area contributed by atoms with Crippen LogP contribution >= 0.6 is 0 Å². The molecular weight excluding hydrogens is 212 g/mol. The van der Waals surface area contributed by atoms with E-state index in [4.69, 9.17) is 6.42 Å². The highest BCUT2D eigenvalue weighted by atomic mass is 16.2. The Morgan fingerprint density at radius 1 is 1.53 bits per heavy atom. The standard InChI is InChI=1S/C14H24N2O/c1-5-10-15-13(17)11(2)16-12-8-6-7-9-14(12,3)4/h1,11-12,16H,6-10H2,2-4H3,(H,15,17). The molecule has 1 saturated carbocycles. The minimum absolute atomic E-state index is 0.00989. The van der Waals surface area contributed by atoms with Gasteiger partial charge in [0.25, 0.3) is 0 Å². The lowest BCUT2D eigenvalue weighted by atomic mass is 9.73. The van der Waals surface area contributed by atoms with Crippen LogP contribution in [0.2, 0.25) is 0 Å². The smallest absolute Gasteiger partial charge is 0.237 e. The van der Waals surface area contributed by atoms with Crippen LogP contribution in [0.4, 0.5) is 0 Å². The average Bonchev–Trinajstić information content (AvgIpc) is 2.28. The number of hydrogen-bond acceptors (Lipinski definition) is 2. The summed E-state index contributed by atoms with van der Waals surface area (Å²) in [6, 6.07) is 0.244. The second-order valence-electron chi connectivity index (χ2n) is 5.60. The summed E-state index contributed by atoms with van der Waals surface area (Å²) >= 11 is 0. The second-order valence-corrected chi connectivity index (χ2v) is 5.60. The molecule has 2 N–H and O–H groups in total. The molecule has 1 rings (SSSR count). The maximum Gasteiger partial charge on any atom is 0.237 e. The van der Waals surface area contributed by atoms with Crippen LogP contribution in [0.15, 0.2) is 0 Å². The number of carbonyl (C=O) groups is 1. The average molecular weight is 236 g/mol. The van der Waals surface area contributed by atoms with Gasteiger partial charge in [-0.1, -0.05) is 32.6 Å². The van der Waals surface area contributed by atoms with Crippen molar-refractivity contribution in [3.63, 3.8) is 0 Å². The molecule has 0 aromatic carbocycles. The van der Waals surface area contributed by atoms with E-state index in [1.54, 1.807) is 0 Å². The third-order valence-corrected chi connectivity index (χ3v) is 3.72. The molecule has 0 aromatic heterocycles. The van der Waals surface area contributed by atoms with Gasteiger partial charge in [-0.25, -0.2) is 0 Å². The first-order valence-electron chi connectivity index (χ1n) is 6.44. The van der Waals surface area contributed by atoms with E-state index in [1.807, 2.05) is 6.92 Å². The third kappa shape index (κ3) is 4.05. The van der Waals surface area contributed by atoms with Crippen molar-refractivity contribution in [1.29, 1.82) is 0 Å². The SMILES string of the molecule is C#CCNC(=O)C(C)NC1CCCCC1(C)C. The summed E-state index contributed by atoms with van der Waals surface area (Å²) in [6.45, 7) is 6.75. The fraction of sp³-hybridized carbons (Fsp3) is 0.786. The Bertz CT molecular complexity index is 304. The Labute approximate surface area is 105 Å². The number of hydrogen-bond donors (Lipinski definition) is 2. The van der Waals surface area contributed by atoms with Gasteiger partial charge in [-0.15, -0.1) is 6.42 Å². The molecule has 1 aliphatic rings. The molecule has 0 aromatic rings. The zero-order valence-electron chi connectivity index (χ0n) is 11.2. The van der Waals surface area contributed by atoms with E-state index in [0.29, 0.717) is 12.6 Å². The maximum atomic E-state index is 11.7. The van der Waals surface area contributed by atoms with Crippen LogP contribution in [0.3, 0.4) is 0 Å². The maximum absolute atomic E-state index is 11.7. The van der Waals surface area contributed by atoms with E-state index >= 15 is 0 Å². The molecule has 0 aliphatic heterocycles. The third-order valence-electron chi connectivity index (χ3n) is 3.72. The van der Waals surface area contributed by atoms with Crippen LogP contribution in [-0.2, 0) is 4.79 Å². The van der Waals surface area contributed by atoms with E-state index in [2.05, 4.69) is 30.4 Å². The molecule has 0 radical (unpaired) electrons. The molecule has 1 aliphatic carbocycles. The van der Waals surface area contributed by atoms with Gasteiger partial charge in [-0.2, -0.15) is 0 Å². The fourth-order valence-corrected chi connectivity index (χ4v) is 2.47. The van der Waals surface area contributed by atoms with Gasteiger partial charge in [0.2, 0.25) is 5.91 Å². The van der Waals surface area contributed by atoms with E-state index < -0.39 is 0 Å². The van der Waals surface area contributed by atoms with Crippen molar-refractivity contribution >= 4 is 5.91 Å². The minimum atomic E-state index is -0.175. The molecule has 17 heavy (non-hydrogen) atoms. The summed E-state index contributed by atoms with van der Waals surface area (Å²) in [6.07, 6.45) is 10.0. The molecule has 0 saturated heterocycles. The minimum Gasteiger partial charge on any atom is -0.344 e. The highest BCUT2D eigenvalue weighted by Gasteiger charge is 2.33. The summed E-state index contributed by atoms with van der Waals surface area (Å²) in [5.74, 6) is 2.40. The van der Waals surface area contributed by atoms with Gasteiger partial charge >= 0.3 is 0 Å². The van der Waals surface area contributed by atoms with Crippen LogP contribution in [0.1, 0.15) is 46.5 Å². The Hall–Kier alpha value is -1.01. The number of nitrogens with one attached hydrogen (secondary N) is 2. The zero-order valence-corrected chi connectivity index (χ0v) is 11.2. The summed E-state index contributed by atoms with van der Waals surface area (Å²) in [7, 11) is 0. The molecule has 3 heteroatoms. The van der Waals surface area contributed by atoms with Crippen LogP contribution in [0, 0.1) is 17.8 Å². The lowest BCUT2D eigenvalue weighted by Crippen LogP contribution is -2.52. The summed E-state index contributed by atoms with van der Waals surface area (Å²) in [5.41, 5.74) is 0.277. The first-order chi connectivity index (χ1) is 7.97. The summed E-state index contributed by atoms with van der Waals surface area (Å²) in [5, 5.41) is 6.15. The van der Waals surface area contributed by atoms with Crippen LogP contribution < -0.4 is 10.6 Å². The zero-order chi connectivity index (χ0) is 12.9. The molecule has 1 amide bonds. The number of amides is 1. The van der Waals surface area contributed by atoms with E-state index in [-0.39, 0.29) is 17.4 Å². The van der Waals surface area contributed by atoms with Gasteiger partial charge < -0.3 is 10.6 Å². The van der Waals surface area contributed by atoms with Crippen LogP contribution in [-0.4, -0.2) is 24.5 Å². The first kappa shape index (κ1) is 14.1. The van der Waals surface area contributed by atoms with Crippen molar-refractivity contribution in [2.45, 2.75) is 58.5 Å². The molecule has 1 fully saturated rings. The van der Waals surface area contributed by atoms with Gasteiger partial charge in [0.15, 0.2) is 0 Å². The Balaban J connectivity index is 2.47. The Kier molecular flexibility index (Phi) is 5.02. The fourth-order valence-electron chi connectivity index (χ4n) is 2.47. The van der Waals surface area contributed by atoms with E-state index in [1.165, 1.54) is 19.3 Å². The van der Waals surface area contributed by atoms with Crippen molar-refractivity contribution in [2.24, 2.45) is 5.41 Å². The molecule has 3 nitrogen and oxygen atoms in total. The van der Waals surface area contributed by atoms with Crippen molar-refractivity contribution in [2.75, 3.05) is 6.54 Å². The summed E-state index contributed by atoms with van der Waals surface area (Å²) in [4.78, 5) is 11.7. The van der Waals surface area contributed by atoms with Crippen LogP contribution in [0.25, 0.3) is 0 Å². The quantitative estimate of drug-likeness (QED) is 0.729. The highest BCUT2D eigenvalue weighted by Crippen LogP contribution is 2.35. The van der Waals surface area contributed by atoms with Crippen molar-refractivity contribution in [3.05, 3.63) is 0 Å². The number of rotatable bonds is 4. The Morgan fingerprint density at radius 2 is 2.24 bits per heavy atom. The van der Waals surface area contributed by atoms with E-state index in [9.17, 15) is 4.79 Å². The molecule has 2 unspecified atom stereocenters. The molecule has 0 spiro atoms. The lowest BCUT2D eigenvalue weighted by molar-refractivity contribution is -0.123. The van der Waals surface area contributed by atoms with Gasteiger partial charge in [0.05, 0.1) is 12.6 Å². The van der Waals surface area contributed by atoms with Crippen LogP contribution in [0.5, 0.6) is 0 Å². The van der Waals surface area contributed by atoms with Crippen molar-refractivity contribution in [1.82, 2.24) is 10.6 Å². The molecule has 96 valence electrons. The van der Waals surface area contributed by atoms with Gasteiger partial charge in [0, 0.05) is 6.04 Å². The molecular formula is C14H24N2O. The van der Waals surface area contributed by atoms with Crippen molar-refractivity contribution in [3.8, 4) is 12.3 Å². The first-order valence-corrected chi connectivity index (χ1v) is 6.44. The lowest BCUT2D eigenvalue weighted by Gasteiger charge is -2.40. The molecule has 2 atom stereocenters. The molecule has 0 heterocycles. The molecule has 0 bridgehead atoms. The van der Waals surface area contributed by atoms with Gasteiger partial charge in [0.1, 0.15) is 0 Å². The highest BCUT2D eigenvalue weighted by molar-refractivity contribution is 5.81. The Morgan fingerprint density at radius 3 is 2.82 bits per heavy atom. The largest absolute Gasteiger partial charge is 0.344 e. The van der Waals surface area contributed by atoms with Gasteiger partial charge in [-0.05, 0) is 25.2 Å². The van der Waals surface area contributed by atoms with Gasteiger partial charge in [-0.3, -0.25) is 4.79 Å². The monoisotopic (exact) mass is 236 g/mol. The predicted molar refractivity (Wildman–Crippen MR) is 70.5 cm³/mol. The predicted octanol–water partition coefficient (Wildman–Crippen LogP) is 1.68. The van der Waals surface area contributed by atoms with E-state index in [0.717, 1.165) is 6.42 Å².